The second-order valence-corrected chi connectivity index (χ2v) is 4.69. The molecule has 0 aromatic heterocycles. The summed E-state index contributed by atoms with van der Waals surface area (Å²) in [6.45, 7) is 0. The molecular formula is C18H16N2O. The van der Waals surface area contributed by atoms with E-state index in [-0.39, 0.29) is 0 Å². The van der Waals surface area contributed by atoms with E-state index in [0.29, 0.717) is 5.69 Å². The van der Waals surface area contributed by atoms with Crippen LogP contribution in [0.5, 0.6) is 11.5 Å². The summed E-state index contributed by atoms with van der Waals surface area (Å²) >= 11 is 0. The van der Waals surface area contributed by atoms with Crippen molar-refractivity contribution >= 4 is 17.1 Å². The molecule has 21 heavy (non-hydrogen) atoms. The molecule has 0 aliphatic carbocycles. The van der Waals surface area contributed by atoms with Crippen molar-refractivity contribution in [1.82, 2.24) is 0 Å². The molecule has 3 rings (SSSR count). The quantitative estimate of drug-likeness (QED) is 0.672. The molecule has 0 saturated carbocycles. The van der Waals surface area contributed by atoms with Gasteiger partial charge < -0.3 is 15.8 Å². The average Bonchev–Trinajstić information content (AvgIpc) is 2.49. The van der Waals surface area contributed by atoms with Crippen LogP contribution in [-0.4, -0.2) is 0 Å². The van der Waals surface area contributed by atoms with Crippen molar-refractivity contribution in [3.05, 3.63) is 78.9 Å². The lowest BCUT2D eigenvalue weighted by Gasteiger charge is -2.10. The molecule has 0 fully saturated rings. The molecule has 3 heteroatoms. The van der Waals surface area contributed by atoms with Crippen LogP contribution in [0.25, 0.3) is 0 Å². The minimum absolute atomic E-state index is 0.686. The molecule has 0 saturated heterocycles. The summed E-state index contributed by atoms with van der Waals surface area (Å²) in [6, 6.07) is 25.2. The van der Waals surface area contributed by atoms with Crippen LogP contribution in [0.4, 0.5) is 17.1 Å². The van der Waals surface area contributed by atoms with E-state index < -0.39 is 0 Å². The van der Waals surface area contributed by atoms with Gasteiger partial charge in [0, 0.05) is 29.2 Å². The molecule has 3 nitrogen and oxygen atoms in total. The molecule has 0 amide bonds. The van der Waals surface area contributed by atoms with Gasteiger partial charge in [0.2, 0.25) is 0 Å². The number of ether oxygens (including phenoxy) is 1. The van der Waals surface area contributed by atoms with Gasteiger partial charge in [0.25, 0.3) is 0 Å². The van der Waals surface area contributed by atoms with Gasteiger partial charge in [0.05, 0.1) is 0 Å². The number of nitrogens with one attached hydrogen (secondary N) is 1. The largest absolute Gasteiger partial charge is 0.457 e. The van der Waals surface area contributed by atoms with E-state index in [0.717, 1.165) is 22.9 Å². The Hall–Kier alpha value is -2.94. The SMILES string of the molecule is Nc1cccc(Oc2cccc(Nc3ccccc3)c2)c1. The lowest BCUT2D eigenvalue weighted by atomic mass is 10.2. The van der Waals surface area contributed by atoms with Crippen molar-refractivity contribution in [2.45, 2.75) is 0 Å². The minimum atomic E-state index is 0.686. The van der Waals surface area contributed by atoms with Gasteiger partial charge in [-0.1, -0.05) is 30.3 Å². The molecule has 0 bridgehead atoms. The summed E-state index contributed by atoms with van der Waals surface area (Å²) in [5, 5.41) is 3.34. The molecule has 0 heterocycles. The van der Waals surface area contributed by atoms with Crippen molar-refractivity contribution < 1.29 is 4.74 Å². The van der Waals surface area contributed by atoms with Crippen LogP contribution in [-0.2, 0) is 0 Å². The molecule has 3 aromatic carbocycles. The monoisotopic (exact) mass is 276 g/mol. The van der Waals surface area contributed by atoms with Gasteiger partial charge in [-0.25, -0.2) is 0 Å². The topological polar surface area (TPSA) is 47.3 Å². The molecule has 3 N–H and O–H groups in total. The number of hydrogen-bond acceptors (Lipinski definition) is 3. The van der Waals surface area contributed by atoms with Crippen LogP contribution in [0.3, 0.4) is 0 Å². The predicted molar refractivity (Wildman–Crippen MR) is 87.1 cm³/mol. The van der Waals surface area contributed by atoms with E-state index in [1.165, 1.54) is 0 Å². The Morgan fingerprint density at radius 2 is 1.33 bits per heavy atom. The maximum Gasteiger partial charge on any atom is 0.129 e. The number of rotatable bonds is 4. The highest BCUT2D eigenvalue weighted by atomic mass is 16.5. The fraction of sp³-hybridized carbons (Fsp3) is 0. The number of nitrogens with two attached hydrogens (primary N) is 1. The van der Waals surface area contributed by atoms with Crippen molar-refractivity contribution in [3.8, 4) is 11.5 Å². The van der Waals surface area contributed by atoms with E-state index in [9.17, 15) is 0 Å². The number of anilines is 3. The third-order valence-corrected chi connectivity index (χ3v) is 2.99. The van der Waals surface area contributed by atoms with Crippen LogP contribution in [0.1, 0.15) is 0 Å². The van der Waals surface area contributed by atoms with Crippen LogP contribution < -0.4 is 15.8 Å². The second kappa shape index (κ2) is 6.01. The van der Waals surface area contributed by atoms with E-state index in [2.05, 4.69) is 5.32 Å². The Kier molecular flexibility index (Phi) is 3.74. The first kappa shape index (κ1) is 13.1. The van der Waals surface area contributed by atoms with Gasteiger partial charge in [0.15, 0.2) is 0 Å². The van der Waals surface area contributed by atoms with Gasteiger partial charge in [-0.2, -0.15) is 0 Å². The number of hydrogen-bond donors (Lipinski definition) is 2. The van der Waals surface area contributed by atoms with Gasteiger partial charge in [0.1, 0.15) is 11.5 Å². The maximum absolute atomic E-state index is 5.82. The maximum atomic E-state index is 5.82. The van der Waals surface area contributed by atoms with Crippen LogP contribution >= 0.6 is 0 Å². The first-order valence-electron chi connectivity index (χ1n) is 6.75. The Morgan fingerprint density at radius 3 is 2.10 bits per heavy atom. The number of nitrogen functional groups attached to an aromatic ring is 1. The average molecular weight is 276 g/mol. The van der Waals surface area contributed by atoms with E-state index in [1.54, 1.807) is 6.07 Å². The highest BCUT2D eigenvalue weighted by Crippen LogP contribution is 2.26. The van der Waals surface area contributed by atoms with Crippen LogP contribution in [0, 0.1) is 0 Å². The summed E-state index contributed by atoms with van der Waals surface area (Å²) in [7, 11) is 0. The van der Waals surface area contributed by atoms with Crippen molar-refractivity contribution in [1.29, 1.82) is 0 Å². The van der Waals surface area contributed by atoms with Crippen LogP contribution in [0.2, 0.25) is 0 Å². The van der Waals surface area contributed by atoms with Gasteiger partial charge in [-0.3, -0.25) is 0 Å². The predicted octanol–water partition coefficient (Wildman–Crippen LogP) is 4.80. The zero-order valence-electron chi connectivity index (χ0n) is 11.5. The first-order chi connectivity index (χ1) is 10.3. The molecular weight excluding hydrogens is 260 g/mol. The molecule has 0 unspecified atom stereocenters. The lowest BCUT2D eigenvalue weighted by molar-refractivity contribution is 0.483. The van der Waals surface area contributed by atoms with Crippen molar-refractivity contribution in [2.24, 2.45) is 0 Å². The van der Waals surface area contributed by atoms with Gasteiger partial charge in [-0.15, -0.1) is 0 Å². The standard InChI is InChI=1S/C18H16N2O/c19-14-6-4-10-17(12-14)21-18-11-5-9-16(13-18)20-15-7-2-1-3-8-15/h1-13,20H,19H2. The van der Waals surface area contributed by atoms with Crippen molar-refractivity contribution in [3.63, 3.8) is 0 Å². The fourth-order valence-electron chi connectivity index (χ4n) is 2.04. The summed E-state index contributed by atoms with van der Waals surface area (Å²) in [4.78, 5) is 0. The highest BCUT2D eigenvalue weighted by molar-refractivity contribution is 5.61. The number of benzene rings is 3. The molecule has 0 atom stereocenters. The Morgan fingerprint density at radius 1 is 0.667 bits per heavy atom. The van der Waals surface area contributed by atoms with Gasteiger partial charge in [-0.05, 0) is 36.4 Å². The fourth-order valence-corrected chi connectivity index (χ4v) is 2.04. The third kappa shape index (κ3) is 3.54. The third-order valence-electron chi connectivity index (χ3n) is 2.99. The minimum Gasteiger partial charge on any atom is -0.457 e. The smallest absolute Gasteiger partial charge is 0.129 e. The first-order valence-corrected chi connectivity index (χ1v) is 6.75. The van der Waals surface area contributed by atoms with E-state index >= 15 is 0 Å². The highest BCUT2D eigenvalue weighted by Gasteiger charge is 2.00. The summed E-state index contributed by atoms with van der Waals surface area (Å²) < 4.78 is 5.82. The van der Waals surface area contributed by atoms with Crippen molar-refractivity contribution in [2.75, 3.05) is 11.1 Å². The Balaban J connectivity index is 1.77. The van der Waals surface area contributed by atoms with E-state index in [4.69, 9.17) is 10.5 Å². The van der Waals surface area contributed by atoms with Gasteiger partial charge >= 0.3 is 0 Å². The summed E-state index contributed by atoms with van der Waals surface area (Å²) in [6.07, 6.45) is 0. The van der Waals surface area contributed by atoms with E-state index in [1.807, 2.05) is 72.8 Å². The molecule has 0 radical (unpaired) electrons. The normalized spacial score (nSPS) is 10.1. The summed E-state index contributed by atoms with van der Waals surface area (Å²) in [5.74, 6) is 1.49. The Bertz CT molecular complexity index is 726. The lowest BCUT2D eigenvalue weighted by Crippen LogP contribution is -1.91. The zero-order chi connectivity index (χ0) is 14.5. The molecule has 3 aromatic rings. The molecule has 0 aliphatic rings. The number of para-hydroxylation sites is 1. The molecule has 104 valence electrons. The van der Waals surface area contributed by atoms with Crippen LogP contribution in [0.15, 0.2) is 78.9 Å². The summed E-state index contributed by atoms with van der Waals surface area (Å²) in [5.41, 5.74) is 8.45. The zero-order valence-corrected chi connectivity index (χ0v) is 11.5. The second-order valence-electron chi connectivity index (χ2n) is 4.69. The Labute approximate surface area is 124 Å². The molecule has 0 aliphatic heterocycles. The molecule has 0 spiro atoms.